The van der Waals surface area contributed by atoms with Gasteiger partial charge in [0.1, 0.15) is 5.60 Å². The zero-order valence-electron chi connectivity index (χ0n) is 15.8. The van der Waals surface area contributed by atoms with Gasteiger partial charge < -0.3 is 15.0 Å². The third-order valence-electron chi connectivity index (χ3n) is 4.01. The normalized spacial score (nSPS) is 17.2. The highest BCUT2D eigenvalue weighted by atomic mass is 19.4. The van der Waals surface area contributed by atoms with Crippen LogP contribution in [-0.2, 0) is 10.9 Å². The fraction of sp³-hybridized carbons (Fsp3) is 0.562. The monoisotopic (exact) mass is 420 g/mol. The van der Waals surface area contributed by atoms with E-state index in [4.69, 9.17) is 4.74 Å². The van der Waals surface area contributed by atoms with E-state index < -0.39 is 56.4 Å². The number of nitrogens with zero attached hydrogens (tertiary/aromatic N) is 3. The molecule has 1 fully saturated rings. The summed E-state index contributed by atoms with van der Waals surface area (Å²) in [6.07, 6.45) is -5.35. The molecule has 1 N–H and O–H groups in total. The van der Waals surface area contributed by atoms with Crippen molar-refractivity contribution in [3.05, 3.63) is 37.9 Å². The van der Waals surface area contributed by atoms with Crippen molar-refractivity contribution in [3.8, 4) is 0 Å². The molecular weight excluding hydrogens is 401 g/mol. The van der Waals surface area contributed by atoms with E-state index >= 15 is 0 Å². The van der Waals surface area contributed by atoms with Gasteiger partial charge >= 0.3 is 12.3 Å². The van der Waals surface area contributed by atoms with Crippen molar-refractivity contribution in [1.29, 1.82) is 0 Å². The average Bonchev–Trinajstić information content (AvgIpc) is 3.00. The number of nitro benzene ring substituents is 2. The minimum Gasteiger partial charge on any atom is -0.444 e. The minimum absolute atomic E-state index is 0.0181. The number of carbonyl (C=O) groups is 1. The molecule has 0 aromatic heterocycles. The number of alkyl halides is 3. The lowest BCUT2D eigenvalue weighted by molar-refractivity contribution is -0.392. The van der Waals surface area contributed by atoms with Crippen molar-refractivity contribution in [2.75, 3.05) is 18.4 Å². The Balaban J connectivity index is 2.32. The molecule has 1 heterocycles. The van der Waals surface area contributed by atoms with E-state index in [1.54, 1.807) is 20.8 Å². The number of halogens is 3. The van der Waals surface area contributed by atoms with Gasteiger partial charge in [-0.1, -0.05) is 0 Å². The first-order valence-corrected chi connectivity index (χ1v) is 8.47. The average molecular weight is 420 g/mol. The predicted molar refractivity (Wildman–Crippen MR) is 94.6 cm³/mol. The third-order valence-corrected chi connectivity index (χ3v) is 4.01. The topological polar surface area (TPSA) is 128 Å². The lowest BCUT2D eigenvalue weighted by Crippen LogP contribution is -2.36. The third kappa shape index (κ3) is 5.45. The van der Waals surface area contributed by atoms with Gasteiger partial charge in [-0.3, -0.25) is 20.2 Å². The smallest absolute Gasteiger partial charge is 0.416 e. The summed E-state index contributed by atoms with van der Waals surface area (Å²) >= 11 is 0. The largest absolute Gasteiger partial charge is 0.444 e. The van der Waals surface area contributed by atoms with Crippen LogP contribution in [0.4, 0.5) is 35.0 Å². The summed E-state index contributed by atoms with van der Waals surface area (Å²) in [7, 11) is 0. The van der Waals surface area contributed by atoms with E-state index in [9.17, 15) is 38.2 Å². The molecule has 1 atom stereocenters. The molecule has 0 bridgehead atoms. The molecule has 29 heavy (non-hydrogen) atoms. The number of amides is 1. The van der Waals surface area contributed by atoms with E-state index in [-0.39, 0.29) is 31.6 Å². The maximum Gasteiger partial charge on any atom is 0.416 e. The number of ether oxygens (including phenoxy) is 1. The molecule has 0 spiro atoms. The molecule has 1 aromatic carbocycles. The molecule has 1 aliphatic heterocycles. The molecular formula is C16H19F3N4O6. The Morgan fingerprint density at radius 2 is 1.69 bits per heavy atom. The molecule has 1 aliphatic rings. The van der Waals surface area contributed by atoms with Crippen LogP contribution in [0.5, 0.6) is 0 Å². The number of anilines is 1. The number of nitrogens with one attached hydrogen (secondary N) is 1. The van der Waals surface area contributed by atoms with Crippen LogP contribution in [0.25, 0.3) is 0 Å². The Hall–Kier alpha value is -3.12. The van der Waals surface area contributed by atoms with Gasteiger partial charge in [-0.15, -0.1) is 0 Å². The minimum atomic E-state index is -4.99. The number of hydrogen-bond acceptors (Lipinski definition) is 7. The van der Waals surface area contributed by atoms with Crippen molar-refractivity contribution >= 4 is 23.2 Å². The van der Waals surface area contributed by atoms with Crippen LogP contribution >= 0.6 is 0 Å². The summed E-state index contributed by atoms with van der Waals surface area (Å²) in [6, 6.07) is -0.150. The van der Waals surface area contributed by atoms with Gasteiger partial charge in [0, 0.05) is 31.3 Å². The summed E-state index contributed by atoms with van der Waals surface area (Å²) in [5.41, 5.74) is -5.01. The summed E-state index contributed by atoms with van der Waals surface area (Å²) in [4.78, 5) is 33.7. The molecule has 2 rings (SSSR count). The lowest BCUT2D eigenvalue weighted by atomic mass is 10.1. The van der Waals surface area contributed by atoms with Gasteiger partial charge in [-0.25, -0.2) is 4.79 Å². The predicted octanol–water partition coefficient (Wildman–Crippen LogP) is 3.94. The van der Waals surface area contributed by atoms with Crippen molar-refractivity contribution in [3.63, 3.8) is 0 Å². The molecule has 0 radical (unpaired) electrons. The maximum atomic E-state index is 13.0. The molecule has 1 aromatic rings. The van der Waals surface area contributed by atoms with Gasteiger partial charge in [0.2, 0.25) is 0 Å². The molecule has 1 amide bonds. The first-order valence-electron chi connectivity index (χ1n) is 8.47. The molecule has 1 unspecified atom stereocenters. The molecule has 10 nitrogen and oxygen atoms in total. The fourth-order valence-corrected chi connectivity index (χ4v) is 2.79. The van der Waals surface area contributed by atoms with Gasteiger partial charge in [0.25, 0.3) is 11.4 Å². The number of nitro groups is 2. The quantitative estimate of drug-likeness (QED) is 0.577. The van der Waals surface area contributed by atoms with E-state index in [0.717, 1.165) is 0 Å². The van der Waals surface area contributed by atoms with E-state index in [1.807, 2.05) is 0 Å². The number of likely N-dealkylation sites (tertiary alicyclic amines) is 1. The second kappa shape index (κ2) is 7.72. The number of benzene rings is 1. The summed E-state index contributed by atoms with van der Waals surface area (Å²) in [6.45, 7) is 5.25. The first-order chi connectivity index (χ1) is 13.2. The number of hydrogen-bond donors (Lipinski definition) is 1. The van der Waals surface area contributed by atoms with Crippen LogP contribution in [0.15, 0.2) is 12.1 Å². The highest BCUT2D eigenvalue weighted by molar-refractivity contribution is 5.76. The van der Waals surface area contributed by atoms with Gasteiger partial charge in [0.15, 0.2) is 5.69 Å². The van der Waals surface area contributed by atoms with Crippen LogP contribution in [0.1, 0.15) is 32.8 Å². The van der Waals surface area contributed by atoms with Crippen molar-refractivity contribution < 1.29 is 32.5 Å². The Labute approximate surface area is 162 Å². The van der Waals surface area contributed by atoms with Crippen LogP contribution in [0.2, 0.25) is 0 Å². The van der Waals surface area contributed by atoms with Crippen molar-refractivity contribution in [2.45, 2.75) is 45.0 Å². The Bertz CT molecular complexity index is 802. The van der Waals surface area contributed by atoms with Crippen LogP contribution in [-0.4, -0.2) is 45.6 Å². The Morgan fingerprint density at radius 3 is 2.10 bits per heavy atom. The summed E-state index contributed by atoms with van der Waals surface area (Å²) in [5.74, 6) is 0. The summed E-state index contributed by atoms with van der Waals surface area (Å²) < 4.78 is 44.1. The molecule has 160 valence electrons. The highest BCUT2D eigenvalue weighted by Crippen LogP contribution is 2.41. The van der Waals surface area contributed by atoms with Crippen LogP contribution in [0.3, 0.4) is 0 Å². The van der Waals surface area contributed by atoms with Gasteiger partial charge in [0.05, 0.1) is 15.4 Å². The number of carbonyl (C=O) groups excluding carboxylic acids is 1. The summed E-state index contributed by atoms with van der Waals surface area (Å²) in [5, 5.41) is 25.1. The van der Waals surface area contributed by atoms with E-state index in [0.29, 0.717) is 0 Å². The molecule has 0 aliphatic carbocycles. The van der Waals surface area contributed by atoms with E-state index in [2.05, 4.69) is 5.32 Å². The Morgan fingerprint density at radius 1 is 1.17 bits per heavy atom. The van der Waals surface area contributed by atoms with Gasteiger partial charge in [-0.2, -0.15) is 13.2 Å². The molecule has 0 saturated carbocycles. The van der Waals surface area contributed by atoms with Crippen molar-refractivity contribution in [2.24, 2.45) is 0 Å². The van der Waals surface area contributed by atoms with Crippen molar-refractivity contribution in [1.82, 2.24) is 4.90 Å². The van der Waals surface area contributed by atoms with Crippen LogP contribution < -0.4 is 5.32 Å². The zero-order valence-corrected chi connectivity index (χ0v) is 15.8. The SMILES string of the molecule is CC(C)(C)OC(=O)N1CCC(Nc2c([N+](=O)[O-])cc(C(F)(F)F)cc2[N+](=O)[O-])C1. The fourth-order valence-electron chi connectivity index (χ4n) is 2.79. The second-order valence-electron chi connectivity index (χ2n) is 7.46. The standard InChI is InChI=1S/C16H19F3N4O6/c1-15(2,3)29-14(24)21-5-4-10(8-21)20-13-11(22(25)26)6-9(16(17,18)19)7-12(13)23(27)28/h6-7,10,20H,4-5,8H2,1-3H3. The van der Waals surface area contributed by atoms with Crippen LogP contribution in [0, 0.1) is 20.2 Å². The zero-order chi connectivity index (χ0) is 22.1. The molecule has 13 heteroatoms. The van der Waals surface area contributed by atoms with Gasteiger partial charge in [-0.05, 0) is 27.2 Å². The highest BCUT2D eigenvalue weighted by Gasteiger charge is 2.39. The lowest BCUT2D eigenvalue weighted by Gasteiger charge is -2.24. The molecule has 1 saturated heterocycles. The maximum absolute atomic E-state index is 13.0. The Kier molecular flexibility index (Phi) is 5.90. The number of rotatable bonds is 4. The van der Waals surface area contributed by atoms with E-state index in [1.165, 1.54) is 4.90 Å². The first kappa shape index (κ1) is 22.2. The second-order valence-corrected chi connectivity index (χ2v) is 7.46.